The highest BCUT2D eigenvalue weighted by Crippen LogP contribution is 2.20. The van der Waals surface area contributed by atoms with Gasteiger partial charge in [0.25, 0.3) is 0 Å². The lowest BCUT2D eigenvalue weighted by Crippen LogP contribution is -2.29. The van der Waals surface area contributed by atoms with Crippen LogP contribution in [0.25, 0.3) is 0 Å². The van der Waals surface area contributed by atoms with E-state index in [1.165, 1.54) is 193 Å². The van der Waals surface area contributed by atoms with Crippen molar-refractivity contribution in [3.8, 4) is 0 Å². The number of allylic oxidation sites excluding steroid dienone is 2. The fraction of sp³-hybridized carbons (Fsp3) is 0.956. The fourth-order valence-electron chi connectivity index (χ4n) is 7.12. The lowest BCUT2D eigenvalue weighted by Gasteiger charge is -2.22. The van der Waals surface area contributed by atoms with E-state index in [0.717, 1.165) is 45.3 Å². The molecule has 294 valence electrons. The lowest BCUT2D eigenvalue weighted by molar-refractivity contribution is -0.144. The normalized spacial score (nSPS) is 12.7. The standard InChI is InChI=1S/C45H91NO3/c1-4-7-10-13-16-17-18-19-20-21-22-23-24-25-30-35-40-46(42-43-47)41-36-31-26-29-34-39-45(48)49-44(37-32-27-14-11-8-5-2)38-33-28-15-12-9-6-3/h19-20,44-45,47-48H,4-18,21-43H2,1-3H3/b20-19-. The van der Waals surface area contributed by atoms with Gasteiger partial charge in [-0.3, -0.25) is 0 Å². The van der Waals surface area contributed by atoms with Crippen molar-refractivity contribution in [1.29, 1.82) is 0 Å². The zero-order valence-electron chi connectivity index (χ0n) is 33.9. The third kappa shape index (κ3) is 38.6. The summed E-state index contributed by atoms with van der Waals surface area (Å²) in [5.74, 6) is 0. The van der Waals surface area contributed by atoms with E-state index in [9.17, 15) is 10.2 Å². The molecule has 0 amide bonds. The van der Waals surface area contributed by atoms with Gasteiger partial charge < -0.3 is 19.8 Å². The largest absolute Gasteiger partial charge is 0.395 e. The average molecular weight is 694 g/mol. The summed E-state index contributed by atoms with van der Waals surface area (Å²) in [6.45, 7) is 10.2. The molecule has 0 saturated heterocycles. The number of rotatable bonds is 42. The van der Waals surface area contributed by atoms with Crippen LogP contribution in [0.1, 0.15) is 239 Å². The van der Waals surface area contributed by atoms with Gasteiger partial charge in [0.2, 0.25) is 0 Å². The van der Waals surface area contributed by atoms with Gasteiger partial charge in [-0.2, -0.15) is 0 Å². The van der Waals surface area contributed by atoms with Gasteiger partial charge in [0.1, 0.15) is 0 Å². The predicted molar refractivity (Wildman–Crippen MR) is 218 cm³/mol. The molecule has 0 aromatic carbocycles. The second-order valence-corrected chi connectivity index (χ2v) is 15.4. The molecule has 49 heavy (non-hydrogen) atoms. The lowest BCUT2D eigenvalue weighted by atomic mass is 10.0. The summed E-state index contributed by atoms with van der Waals surface area (Å²) < 4.78 is 6.22. The molecule has 1 unspecified atom stereocenters. The second kappa shape index (κ2) is 42.0. The summed E-state index contributed by atoms with van der Waals surface area (Å²) in [6.07, 6.45) is 48.1. The zero-order chi connectivity index (χ0) is 35.7. The van der Waals surface area contributed by atoms with Gasteiger partial charge in [0.15, 0.2) is 6.29 Å². The van der Waals surface area contributed by atoms with Crippen LogP contribution >= 0.6 is 0 Å². The Kier molecular flexibility index (Phi) is 41.6. The average Bonchev–Trinajstić information content (AvgIpc) is 3.10. The molecule has 1 atom stereocenters. The fourth-order valence-corrected chi connectivity index (χ4v) is 7.12. The summed E-state index contributed by atoms with van der Waals surface area (Å²) in [4.78, 5) is 2.47. The molecule has 0 aromatic heterocycles. The highest BCUT2D eigenvalue weighted by Gasteiger charge is 2.14. The summed E-state index contributed by atoms with van der Waals surface area (Å²) in [5, 5.41) is 20.2. The first-order valence-electron chi connectivity index (χ1n) is 22.5. The van der Waals surface area contributed by atoms with Gasteiger partial charge in [0.05, 0.1) is 12.7 Å². The van der Waals surface area contributed by atoms with Crippen LogP contribution < -0.4 is 0 Å². The summed E-state index contributed by atoms with van der Waals surface area (Å²) >= 11 is 0. The van der Waals surface area contributed by atoms with Crippen molar-refractivity contribution in [3.63, 3.8) is 0 Å². The Labute approximate surface area is 309 Å². The highest BCUT2D eigenvalue weighted by molar-refractivity contribution is 4.81. The zero-order valence-corrected chi connectivity index (χ0v) is 33.9. The Morgan fingerprint density at radius 3 is 1.18 bits per heavy atom. The van der Waals surface area contributed by atoms with Crippen molar-refractivity contribution >= 4 is 0 Å². The molecule has 4 nitrogen and oxygen atoms in total. The number of unbranched alkanes of at least 4 members (excludes halogenated alkanes) is 26. The Morgan fingerprint density at radius 1 is 0.429 bits per heavy atom. The van der Waals surface area contributed by atoms with Gasteiger partial charge >= 0.3 is 0 Å². The minimum absolute atomic E-state index is 0.233. The van der Waals surface area contributed by atoms with E-state index in [4.69, 9.17) is 4.74 Å². The molecule has 0 aliphatic rings. The van der Waals surface area contributed by atoms with Crippen LogP contribution in [0.5, 0.6) is 0 Å². The van der Waals surface area contributed by atoms with Gasteiger partial charge in [-0.15, -0.1) is 0 Å². The Morgan fingerprint density at radius 2 is 0.776 bits per heavy atom. The molecule has 0 spiro atoms. The maximum atomic E-state index is 10.7. The van der Waals surface area contributed by atoms with E-state index >= 15 is 0 Å². The van der Waals surface area contributed by atoms with Crippen molar-refractivity contribution in [2.75, 3.05) is 26.2 Å². The first-order valence-corrected chi connectivity index (χ1v) is 22.5. The van der Waals surface area contributed by atoms with Gasteiger partial charge in [0, 0.05) is 6.54 Å². The first kappa shape index (κ1) is 48.6. The van der Waals surface area contributed by atoms with Gasteiger partial charge in [-0.25, -0.2) is 0 Å². The van der Waals surface area contributed by atoms with E-state index in [1.54, 1.807) is 0 Å². The molecule has 0 fully saturated rings. The highest BCUT2D eigenvalue weighted by atomic mass is 16.6. The maximum absolute atomic E-state index is 10.7. The molecule has 0 saturated carbocycles. The monoisotopic (exact) mass is 694 g/mol. The van der Waals surface area contributed by atoms with E-state index < -0.39 is 6.29 Å². The van der Waals surface area contributed by atoms with Crippen LogP contribution in [0, 0.1) is 0 Å². The SMILES string of the molecule is CCCCCCCC/C=C\CCCCCCCCN(CCO)CCCCCCCC(O)OC(CCCCCCCC)CCCCCCCC. The number of nitrogens with zero attached hydrogens (tertiary/aromatic N) is 1. The molecule has 0 aliphatic heterocycles. The molecule has 4 heteroatoms. The molecule has 0 aliphatic carbocycles. The number of hydrogen-bond acceptors (Lipinski definition) is 4. The third-order valence-corrected chi connectivity index (χ3v) is 10.4. The van der Waals surface area contributed by atoms with Crippen molar-refractivity contribution in [2.24, 2.45) is 0 Å². The van der Waals surface area contributed by atoms with Crippen molar-refractivity contribution < 1.29 is 14.9 Å². The number of aliphatic hydroxyl groups excluding tert-OH is 2. The molecule has 0 rings (SSSR count). The van der Waals surface area contributed by atoms with Gasteiger partial charge in [-0.1, -0.05) is 187 Å². The first-order chi connectivity index (χ1) is 24.2. The van der Waals surface area contributed by atoms with Crippen molar-refractivity contribution in [1.82, 2.24) is 4.90 Å². The quantitative estimate of drug-likeness (QED) is 0.0380. The predicted octanol–water partition coefficient (Wildman–Crippen LogP) is 13.9. The second-order valence-electron chi connectivity index (χ2n) is 15.4. The summed E-state index contributed by atoms with van der Waals surface area (Å²) in [7, 11) is 0. The van der Waals surface area contributed by atoms with Crippen LogP contribution in [-0.2, 0) is 4.74 Å². The molecule has 0 heterocycles. The Hall–Kier alpha value is -0.420. The molecule has 0 bridgehead atoms. The van der Waals surface area contributed by atoms with Crippen molar-refractivity contribution in [3.05, 3.63) is 12.2 Å². The molecular formula is C45H91NO3. The Balaban J connectivity index is 3.90. The molecule has 0 aromatic rings. The Bertz CT molecular complexity index is 610. The van der Waals surface area contributed by atoms with E-state index in [1.807, 2.05) is 0 Å². The maximum Gasteiger partial charge on any atom is 0.154 e. The van der Waals surface area contributed by atoms with Crippen LogP contribution in [0.3, 0.4) is 0 Å². The van der Waals surface area contributed by atoms with E-state index in [0.29, 0.717) is 0 Å². The third-order valence-electron chi connectivity index (χ3n) is 10.4. The molecule has 0 radical (unpaired) electrons. The minimum atomic E-state index is -0.596. The van der Waals surface area contributed by atoms with Crippen LogP contribution in [0.4, 0.5) is 0 Å². The topological polar surface area (TPSA) is 52.9 Å². The van der Waals surface area contributed by atoms with Crippen LogP contribution in [-0.4, -0.2) is 53.7 Å². The van der Waals surface area contributed by atoms with Gasteiger partial charge in [-0.05, 0) is 77.3 Å². The molecule has 2 N–H and O–H groups in total. The smallest absolute Gasteiger partial charge is 0.154 e. The molecular weight excluding hydrogens is 602 g/mol. The summed E-state index contributed by atoms with van der Waals surface area (Å²) in [5.41, 5.74) is 0. The van der Waals surface area contributed by atoms with Crippen molar-refractivity contribution in [2.45, 2.75) is 251 Å². The van der Waals surface area contributed by atoms with Crippen LogP contribution in [0.2, 0.25) is 0 Å². The van der Waals surface area contributed by atoms with E-state index in [2.05, 4.69) is 37.8 Å². The van der Waals surface area contributed by atoms with Crippen LogP contribution in [0.15, 0.2) is 12.2 Å². The number of ether oxygens (including phenoxy) is 1. The summed E-state index contributed by atoms with van der Waals surface area (Å²) in [6, 6.07) is 0. The minimum Gasteiger partial charge on any atom is -0.395 e. The van der Waals surface area contributed by atoms with E-state index in [-0.39, 0.29) is 12.7 Å². The number of hydrogen-bond donors (Lipinski definition) is 2. The number of aliphatic hydroxyl groups is 2.